The highest BCUT2D eigenvalue weighted by molar-refractivity contribution is 5.51. The first-order chi connectivity index (χ1) is 9.08. The Balaban J connectivity index is 1.94. The standard InChI is InChI=1S/C14H20N4O/c1-10(2)14-16-13(18(3)17-14)8-9-19-12-7-5-4-6-11(12)15/h4-7,10H,8-9,15H2,1-3H3. The molecule has 0 fully saturated rings. The van der Waals surface area contributed by atoms with E-state index in [1.807, 2.05) is 36.0 Å². The Kier molecular flexibility index (Phi) is 4.04. The van der Waals surface area contributed by atoms with E-state index >= 15 is 0 Å². The van der Waals surface area contributed by atoms with Gasteiger partial charge in [0.25, 0.3) is 0 Å². The smallest absolute Gasteiger partial charge is 0.153 e. The van der Waals surface area contributed by atoms with Crippen molar-refractivity contribution in [2.45, 2.75) is 26.2 Å². The molecule has 0 radical (unpaired) electrons. The lowest BCUT2D eigenvalue weighted by molar-refractivity contribution is 0.318. The van der Waals surface area contributed by atoms with Gasteiger partial charge in [-0.25, -0.2) is 4.98 Å². The van der Waals surface area contributed by atoms with Crippen molar-refractivity contribution in [3.8, 4) is 5.75 Å². The Morgan fingerprint density at radius 2 is 2.05 bits per heavy atom. The molecule has 0 atom stereocenters. The molecule has 0 bridgehead atoms. The van der Waals surface area contributed by atoms with E-state index in [1.165, 1.54) is 0 Å². The van der Waals surface area contributed by atoms with E-state index in [-0.39, 0.29) is 0 Å². The minimum absolute atomic E-state index is 0.339. The molecule has 0 aliphatic heterocycles. The van der Waals surface area contributed by atoms with Gasteiger partial charge in [-0.15, -0.1) is 0 Å². The van der Waals surface area contributed by atoms with Crippen LogP contribution in [0.1, 0.15) is 31.4 Å². The monoisotopic (exact) mass is 260 g/mol. The zero-order valence-corrected chi connectivity index (χ0v) is 11.6. The maximum atomic E-state index is 5.82. The summed E-state index contributed by atoms with van der Waals surface area (Å²) in [4.78, 5) is 4.50. The van der Waals surface area contributed by atoms with Crippen molar-refractivity contribution in [2.24, 2.45) is 7.05 Å². The van der Waals surface area contributed by atoms with E-state index in [9.17, 15) is 0 Å². The van der Waals surface area contributed by atoms with Gasteiger partial charge in [-0.2, -0.15) is 5.10 Å². The van der Waals surface area contributed by atoms with Crippen LogP contribution in [0.25, 0.3) is 0 Å². The van der Waals surface area contributed by atoms with Gasteiger partial charge in [0.1, 0.15) is 11.6 Å². The molecule has 5 heteroatoms. The van der Waals surface area contributed by atoms with Crippen LogP contribution in [0.3, 0.4) is 0 Å². The van der Waals surface area contributed by atoms with Crippen LogP contribution in [-0.4, -0.2) is 21.4 Å². The molecular formula is C14H20N4O. The minimum Gasteiger partial charge on any atom is -0.491 e. The Hall–Kier alpha value is -2.04. The lowest BCUT2D eigenvalue weighted by Gasteiger charge is -2.07. The number of nitrogens with zero attached hydrogens (tertiary/aromatic N) is 3. The summed E-state index contributed by atoms with van der Waals surface area (Å²) in [6.45, 7) is 4.71. The second kappa shape index (κ2) is 5.73. The molecule has 2 aromatic rings. The van der Waals surface area contributed by atoms with Crippen LogP contribution < -0.4 is 10.5 Å². The highest BCUT2D eigenvalue weighted by Gasteiger charge is 2.10. The summed E-state index contributed by atoms with van der Waals surface area (Å²) in [6, 6.07) is 7.49. The van der Waals surface area contributed by atoms with E-state index in [1.54, 1.807) is 0 Å². The fraction of sp³-hybridized carbons (Fsp3) is 0.429. The van der Waals surface area contributed by atoms with Crippen molar-refractivity contribution in [3.05, 3.63) is 35.9 Å². The quantitative estimate of drug-likeness (QED) is 0.836. The molecule has 5 nitrogen and oxygen atoms in total. The third-order valence-corrected chi connectivity index (χ3v) is 2.89. The fourth-order valence-corrected chi connectivity index (χ4v) is 1.76. The number of hydrogen-bond acceptors (Lipinski definition) is 4. The van der Waals surface area contributed by atoms with E-state index in [2.05, 4.69) is 23.9 Å². The van der Waals surface area contributed by atoms with Crippen LogP contribution in [0.4, 0.5) is 5.69 Å². The van der Waals surface area contributed by atoms with E-state index in [0.717, 1.165) is 11.6 Å². The Morgan fingerprint density at radius 1 is 1.32 bits per heavy atom. The van der Waals surface area contributed by atoms with Crippen molar-refractivity contribution < 1.29 is 4.74 Å². The van der Waals surface area contributed by atoms with Crippen molar-refractivity contribution in [1.82, 2.24) is 14.8 Å². The zero-order chi connectivity index (χ0) is 13.8. The first-order valence-electron chi connectivity index (χ1n) is 6.45. The molecule has 2 N–H and O–H groups in total. The topological polar surface area (TPSA) is 66.0 Å². The fourth-order valence-electron chi connectivity index (χ4n) is 1.76. The number of nitrogens with two attached hydrogens (primary N) is 1. The maximum absolute atomic E-state index is 5.82. The summed E-state index contributed by atoms with van der Waals surface area (Å²) in [5, 5.41) is 4.38. The van der Waals surface area contributed by atoms with Gasteiger partial charge in [0, 0.05) is 19.4 Å². The van der Waals surface area contributed by atoms with Gasteiger partial charge in [-0.05, 0) is 12.1 Å². The summed E-state index contributed by atoms with van der Waals surface area (Å²) in [5.74, 6) is 2.86. The van der Waals surface area contributed by atoms with Gasteiger partial charge >= 0.3 is 0 Å². The van der Waals surface area contributed by atoms with Crippen LogP contribution >= 0.6 is 0 Å². The molecule has 0 aliphatic rings. The lowest BCUT2D eigenvalue weighted by Crippen LogP contribution is -2.07. The molecule has 0 aliphatic carbocycles. The number of nitrogen functional groups attached to an aromatic ring is 1. The number of para-hydroxylation sites is 2. The molecule has 1 aromatic carbocycles. The van der Waals surface area contributed by atoms with Gasteiger partial charge in [0.15, 0.2) is 5.82 Å². The highest BCUT2D eigenvalue weighted by atomic mass is 16.5. The van der Waals surface area contributed by atoms with Gasteiger partial charge in [0.2, 0.25) is 0 Å². The first-order valence-corrected chi connectivity index (χ1v) is 6.45. The van der Waals surface area contributed by atoms with Gasteiger partial charge in [-0.1, -0.05) is 26.0 Å². The lowest BCUT2D eigenvalue weighted by atomic mass is 10.2. The third-order valence-electron chi connectivity index (χ3n) is 2.89. The summed E-state index contributed by atoms with van der Waals surface area (Å²) in [7, 11) is 1.91. The number of anilines is 1. The number of hydrogen-bond donors (Lipinski definition) is 1. The van der Waals surface area contributed by atoms with Gasteiger partial charge in [0.05, 0.1) is 12.3 Å². The molecule has 0 unspecified atom stereocenters. The molecule has 0 amide bonds. The number of aromatic nitrogens is 3. The molecule has 19 heavy (non-hydrogen) atoms. The van der Waals surface area contributed by atoms with Crippen LogP contribution in [0.15, 0.2) is 24.3 Å². The van der Waals surface area contributed by atoms with Gasteiger partial charge in [-0.3, -0.25) is 4.68 Å². The molecule has 2 rings (SSSR count). The van der Waals surface area contributed by atoms with Crippen LogP contribution in [0.2, 0.25) is 0 Å². The average Bonchev–Trinajstić information content (AvgIpc) is 2.74. The largest absolute Gasteiger partial charge is 0.491 e. The van der Waals surface area contributed by atoms with Crippen molar-refractivity contribution in [2.75, 3.05) is 12.3 Å². The predicted octanol–water partition coefficient (Wildman–Crippen LogP) is 2.14. The van der Waals surface area contributed by atoms with Crippen molar-refractivity contribution in [1.29, 1.82) is 0 Å². The number of aryl methyl sites for hydroxylation is 1. The van der Waals surface area contributed by atoms with E-state index < -0.39 is 0 Å². The summed E-state index contributed by atoms with van der Waals surface area (Å²) >= 11 is 0. The van der Waals surface area contributed by atoms with Crippen molar-refractivity contribution >= 4 is 5.69 Å². The molecule has 1 aromatic heterocycles. The number of rotatable bonds is 5. The summed E-state index contributed by atoms with van der Waals surface area (Å²) in [5.41, 5.74) is 6.47. The Labute approximate surface area is 113 Å². The second-order valence-corrected chi connectivity index (χ2v) is 4.80. The zero-order valence-electron chi connectivity index (χ0n) is 11.6. The SMILES string of the molecule is CC(C)c1nc(CCOc2ccccc2N)n(C)n1. The number of ether oxygens (including phenoxy) is 1. The molecule has 1 heterocycles. The predicted molar refractivity (Wildman–Crippen MR) is 75.1 cm³/mol. The van der Waals surface area contributed by atoms with Gasteiger partial charge < -0.3 is 10.5 Å². The molecular weight excluding hydrogens is 240 g/mol. The molecule has 102 valence electrons. The second-order valence-electron chi connectivity index (χ2n) is 4.80. The Bertz CT molecular complexity index is 548. The Morgan fingerprint density at radius 3 is 2.68 bits per heavy atom. The minimum atomic E-state index is 0.339. The maximum Gasteiger partial charge on any atom is 0.153 e. The molecule has 0 saturated heterocycles. The van der Waals surface area contributed by atoms with Crippen LogP contribution in [0.5, 0.6) is 5.75 Å². The third kappa shape index (κ3) is 3.24. The molecule has 0 spiro atoms. The normalized spacial score (nSPS) is 10.9. The van der Waals surface area contributed by atoms with Crippen molar-refractivity contribution in [3.63, 3.8) is 0 Å². The summed E-state index contributed by atoms with van der Waals surface area (Å²) in [6.07, 6.45) is 0.713. The van der Waals surface area contributed by atoms with Crippen LogP contribution in [0, 0.1) is 0 Å². The van der Waals surface area contributed by atoms with Crippen LogP contribution in [-0.2, 0) is 13.5 Å². The summed E-state index contributed by atoms with van der Waals surface area (Å²) < 4.78 is 7.47. The van der Waals surface area contributed by atoms with E-state index in [4.69, 9.17) is 10.5 Å². The number of benzene rings is 1. The first kappa shape index (κ1) is 13.4. The highest BCUT2D eigenvalue weighted by Crippen LogP contribution is 2.19. The van der Waals surface area contributed by atoms with E-state index in [0.29, 0.717) is 30.4 Å². The molecule has 0 saturated carbocycles. The average molecular weight is 260 g/mol.